The largest absolute Gasteiger partial charge is 0.481 e. The van der Waals surface area contributed by atoms with Crippen LogP contribution in [0.25, 0.3) is 0 Å². The molecule has 1 rings (SSSR count). The molecule has 1 saturated heterocycles. The van der Waals surface area contributed by atoms with Crippen LogP contribution in [0, 0.1) is 5.41 Å². The Morgan fingerprint density at radius 1 is 1.33 bits per heavy atom. The third-order valence-corrected chi connectivity index (χ3v) is 3.78. The van der Waals surface area contributed by atoms with Gasteiger partial charge in [0.2, 0.25) is 0 Å². The van der Waals surface area contributed by atoms with Crippen molar-refractivity contribution in [3.63, 3.8) is 0 Å². The van der Waals surface area contributed by atoms with Crippen LogP contribution >= 0.6 is 0 Å². The minimum absolute atomic E-state index is 0.0542. The van der Waals surface area contributed by atoms with Gasteiger partial charge in [-0.3, -0.25) is 4.79 Å². The fourth-order valence-electron chi connectivity index (χ4n) is 2.61. The van der Waals surface area contributed by atoms with Crippen LogP contribution in [0.2, 0.25) is 0 Å². The first-order chi connectivity index (χ1) is 8.64. The maximum Gasteiger partial charge on any atom is 0.309 e. The maximum absolute atomic E-state index is 11.4. The van der Waals surface area contributed by atoms with E-state index in [4.69, 9.17) is 9.84 Å². The molecule has 0 amide bonds. The Morgan fingerprint density at radius 2 is 2.00 bits per heavy atom. The summed E-state index contributed by atoms with van der Waals surface area (Å²) in [6, 6.07) is 0. The van der Waals surface area contributed by atoms with Gasteiger partial charge < -0.3 is 19.8 Å². The number of hydrogen-bond acceptors (Lipinski definition) is 4. The van der Waals surface area contributed by atoms with Gasteiger partial charge in [0.15, 0.2) is 0 Å². The Kier molecular flexibility index (Phi) is 6.60. The van der Waals surface area contributed by atoms with E-state index < -0.39 is 11.4 Å². The summed E-state index contributed by atoms with van der Waals surface area (Å²) in [4.78, 5) is 13.6. The zero-order valence-electron chi connectivity index (χ0n) is 11.2. The number of carboxylic acids is 1. The van der Waals surface area contributed by atoms with Gasteiger partial charge in [-0.25, -0.2) is 0 Å². The highest BCUT2D eigenvalue weighted by Crippen LogP contribution is 2.36. The number of piperidine rings is 1. The van der Waals surface area contributed by atoms with Crippen molar-refractivity contribution >= 4 is 5.97 Å². The molecule has 0 spiro atoms. The molecule has 5 heteroatoms. The monoisotopic (exact) mass is 259 g/mol. The Hall–Kier alpha value is -0.650. The number of aliphatic hydroxyl groups is 1. The molecule has 0 aromatic rings. The van der Waals surface area contributed by atoms with E-state index in [2.05, 4.69) is 4.90 Å². The summed E-state index contributed by atoms with van der Waals surface area (Å²) in [5, 5.41) is 18.0. The highest BCUT2D eigenvalue weighted by Gasteiger charge is 2.40. The zero-order valence-corrected chi connectivity index (χ0v) is 11.2. The van der Waals surface area contributed by atoms with E-state index in [1.54, 1.807) is 0 Å². The van der Waals surface area contributed by atoms with Crippen LogP contribution in [0.3, 0.4) is 0 Å². The fraction of sp³-hybridized carbons (Fsp3) is 0.923. The number of carbonyl (C=O) groups is 1. The van der Waals surface area contributed by atoms with Crippen LogP contribution in [-0.2, 0) is 9.53 Å². The molecule has 1 aliphatic rings. The van der Waals surface area contributed by atoms with Crippen LogP contribution in [0.5, 0.6) is 0 Å². The first-order valence-corrected chi connectivity index (χ1v) is 6.79. The lowest BCUT2D eigenvalue weighted by Gasteiger charge is -2.38. The first kappa shape index (κ1) is 15.4. The zero-order chi connectivity index (χ0) is 13.4. The molecular formula is C13H25NO4. The van der Waals surface area contributed by atoms with E-state index >= 15 is 0 Å². The summed E-state index contributed by atoms with van der Waals surface area (Å²) in [7, 11) is 0. The lowest BCUT2D eigenvalue weighted by molar-refractivity contribution is -0.152. The average molecular weight is 259 g/mol. The fourth-order valence-corrected chi connectivity index (χ4v) is 2.61. The highest BCUT2D eigenvalue weighted by molar-refractivity contribution is 5.74. The van der Waals surface area contributed by atoms with Crippen molar-refractivity contribution in [2.75, 3.05) is 39.5 Å². The van der Waals surface area contributed by atoms with Crippen LogP contribution < -0.4 is 0 Å². The van der Waals surface area contributed by atoms with E-state index in [0.29, 0.717) is 13.2 Å². The third-order valence-electron chi connectivity index (χ3n) is 3.78. The number of rotatable bonds is 8. The summed E-state index contributed by atoms with van der Waals surface area (Å²) in [6.07, 6.45) is 3.16. The summed E-state index contributed by atoms with van der Waals surface area (Å²) in [6.45, 7) is 5.56. The van der Waals surface area contributed by atoms with Crippen molar-refractivity contribution in [3.05, 3.63) is 0 Å². The number of aliphatic carboxylic acids is 1. The summed E-state index contributed by atoms with van der Waals surface area (Å²) < 4.78 is 5.22. The molecule has 0 aromatic heterocycles. The Labute approximate surface area is 109 Å². The first-order valence-electron chi connectivity index (χ1n) is 6.79. The van der Waals surface area contributed by atoms with E-state index in [0.717, 1.165) is 45.3 Å². The molecule has 2 N–H and O–H groups in total. The molecule has 0 saturated carbocycles. The quantitative estimate of drug-likeness (QED) is 0.635. The molecular weight excluding hydrogens is 234 g/mol. The lowest BCUT2D eigenvalue weighted by atomic mass is 9.75. The van der Waals surface area contributed by atoms with Gasteiger partial charge in [0.05, 0.1) is 25.2 Å². The molecule has 5 nitrogen and oxygen atoms in total. The number of hydrogen-bond donors (Lipinski definition) is 2. The van der Waals surface area contributed by atoms with E-state index in [-0.39, 0.29) is 6.61 Å². The maximum atomic E-state index is 11.4. The van der Waals surface area contributed by atoms with Crippen molar-refractivity contribution in [3.8, 4) is 0 Å². The van der Waals surface area contributed by atoms with Gasteiger partial charge in [0.25, 0.3) is 0 Å². The second-order valence-electron chi connectivity index (χ2n) is 5.01. The molecule has 0 radical (unpaired) electrons. The predicted octanol–water partition coefficient (Wildman–Crippen LogP) is 0.962. The second-order valence-corrected chi connectivity index (χ2v) is 5.01. The van der Waals surface area contributed by atoms with Crippen LogP contribution in [0.1, 0.15) is 32.6 Å². The summed E-state index contributed by atoms with van der Waals surface area (Å²) in [5.41, 5.74) is -0.503. The van der Waals surface area contributed by atoms with Gasteiger partial charge in [-0.05, 0) is 32.4 Å². The van der Waals surface area contributed by atoms with Crippen molar-refractivity contribution in [1.82, 2.24) is 4.90 Å². The molecule has 0 bridgehead atoms. The van der Waals surface area contributed by atoms with Gasteiger partial charge in [-0.2, -0.15) is 0 Å². The van der Waals surface area contributed by atoms with Crippen molar-refractivity contribution < 1.29 is 19.7 Å². The topological polar surface area (TPSA) is 70.0 Å². The smallest absolute Gasteiger partial charge is 0.309 e. The van der Waals surface area contributed by atoms with Crippen LogP contribution in [0.15, 0.2) is 0 Å². The van der Waals surface area contributed by atoms with Crippen LogP contribution in [0.4, 0.5) is 0 Å². The van der Waals surface area contributed by atoms with Gasteiger partial charge in [0.1, 0.15) is 0 Å². The number of nitrogens with zero attached hydrogens (tertiary/aromatic N) is 1. The molecule has 18 heavy (non-hydrogen) atoms. The van der Waals surface area contributed by atoms with Gasteiger partial charge in [-0.15, -0.1) is 0 Å². The third kappa shape index (κ3) is 4.23. The van der Waals surface area contributed by atoms with Crippen LogP contribution in [-0.4, -0.2) is 60.5 Å². The summed E-state index contributed by atoms with van der Waals surface area (Å²) in [5.74, 6) is -0.638. The molecule has 106 valence electrons. The van der Waals surface area contributed by atoms with Gasteiger partial charge in [-0.1, -0.05) is 13.3 Å². The van der Waals surface area contributed by atoms with E-state index in [1.165, 1.54) is 0 Å². The number of ether oxygens (including phenoxy) is 1. The van der Waals surface area contributed by atoms with Gasteiger partial charge >= 0.3 is 5.97 Å². The molecule has 0 atom stereocenters. The number of likely N-dealkylation sites (tertiary alicyclic amines) is 1. The summed E-state index contributed by atoms with van der Waals surface area (Å²) >= 11 is 0. The standard InChI is InChI=1S/C13H25NO4/c1-2-3-13(12(16)17)4-6-14(7-5-13)8-10-18-11-9-15/h15H,2-11H2,1H3,(H,16,17). The van der Waals surface area contributed by atoms with Crippen molar-refractivity contribution in [2.45, 2.75) is 32.6 Å². The number of aliphatic hydroxyl groups excluding tert-OH is 1. The SMILES string of the molecule is CCCC1(C(=O)O)CCN(CCOCCO)CC1. The Morgan fingerprint density at radius 3 is 2.50 bits per heavy atom. The molecule has 0 aromatic carbocycles. The average Bonchev–Trinajstić information content (AvgIpc) is 2.37. The number of carboxylic acid groups (broad SMARTS) is 1. The van der Waals surface area contributed by atoms with Gasteiger partial charge in [0, 0.05) is 6.54 Å². The van der Waals surface area contributed by atoms with E-state index in [1.807, 2.05) is 6.92 Å². The minimum atomic E-state index is -0.638. The molecule has 0 aliphatic carbocycles. The predicted molar refractivity (Wildman–Crippen MR) is 68.6 cm³/mol. The Bertz CT molecular complexity index is 249. The van der Waals surface area contributed by atoms with Crippen molar-refractivity contribution in [1.29, 1.82) is 0 Å². The minimum Gasteiger partial charge on any atom is -0.481 e. The normalized spacial score (nSPS) is 19.9. The molecule has 1 fully saturated rings. The second kappa shape index (κ2) is 7.71. The highest BCUT2D eigenvalue weighted by atomic mass is 16.5. The Balaban J connectivity index is 2.32. The molecule has 1 heterocycles. The van der Waals surface area contributed by atoms with E-state index in [9.17, 15) is 9.90 Å². The molecule has 1 aliphatic heterocycles. The molecule has 0 unspecified atom stereocenters. The lowest BCUT2D eigenvalue weighted by Crippen LogP contribution is -2.45. The van der Waals surface area contributed by atoms with Crippen molar-refractivity contribution in [2.24, 2.45) is 5.41 Å².